The molecule has 37 heavy (non-hydrogen) atoms. The summed E-state index contributed by atoms with van der Waals surface area (Å²) in [7, 11) is 0. The van der Waals surface area contributed by atoms with Crippen molar-refractivity contribution in [1.82, 2.24) is 4.98 Å². The van der Waals surface area contributed by atoms with Crippen molar-refractivity contribution >= 4 is 40.8 Å². The molecule has 0 saturated heterocycles. The highest BCUT2D eigenvalue weighted by Gasteiger charge is 2.31. The molecule has 0 atom stereocenters. The number of unbranched alkanes of at least 4 members (excludes halogenated alkanes) is 2. The molecule has 8 heteroatoms. The maximum atomic E-state index is 13.2. The third-order valence-corrected chi connectivity index (χ3v) is 6.45. The molecular formula is C29H30N4O3S. The van der Waals surface area contributed by atoms with Gasteiger partial charge in [0.1, 0.15) is 18.1 Å². The number of carbonyl (C=O) groups excluding carboxylic acids is 1. The van der Waals surface area contributed by atoms with Crippen molar-refractivity contribution in [2.24, 2.45) is 10.1 Å². The molecule has 0 fully saturated rings. The number of ether oxygens (including phenoxy) is 1. The van der Waals surface area contributed by atoms with E-state index in [0.717, 1.165) is 47.6 Å². The topological polar surface area (TPSA) is 76.4 Å². The van der Waals surface area contributed by atoms with Crippen LogP contribution in [0.2, 0.25) is 0 Å². The Balaban J connectivity index is 1.25. The van der Waals surface area contributed by atoms with Crippen LogP contribution in [0.1, 0.15) is 37.3 Å². The number of pyridine rings is 1. The van der Waals surface area contributed by atoms with Gasteiger partial charge in [-0.1, -0.05) is 47.2 Å². The summed E-state index contributed by atoms with van der Waals surface area (Å²) in [6.45, 7) is 3.11. The number of anilines is 1. The normalized spacial score (nSPS) is 14.4. The Labute approximate surface area is 221 Å². The van der Waals surface area contributed by atoms with Crippen LogP contribution in [-0.2, 0) is 9.63 Å². The summed E-state index contributed by atoms with van der Waals surface area (Å²) in [6, 6.07) is 21.2. The number of hydrogen-bond donors (Lipinski definition) is 0. The van der Waals surface area contributed by atoms with E-state index in [1.807, 2.05) is 79.7 Å². The van der Waals surface area contributed by atoms with E-state index >= 15 is 0 Å². The van der Waals surface area contributed by atoms with E-state index < -0.39 is 0 Å². The fourth-order valence-corrected chi connectivity index (χ4v) is 4.59. The maximum absolute atomic E-state index is 13.2. The van der Waals surface area contributed by atoms with E-state index in [2.05, 4.69) is 15.1 Å². The summed E-state index contributed by atoms with van der Waals surface area (Å²) >= 11 is 1.60. The quantitative estimate of drug-likeness (QED) is 0.125. The van der Waals surface area contributed by atoms with Gasteiger partial charge in [-0.3, -0.25) is 14.7 Å². The molecule has 0 bridgehead atoms. The number of thioether (sulfide) groups is 1. The van der Waals surface area contributed by atoms with Gasteiger partial charge in [-0.2, -0.15) is 0 Å². The van der Waals surface area contributed by atoms with Crippen LogP contribution in [0.5, 0.6) is 5.75 Å². The highest BCUT2D eigenvalue weighted by molar-refractivity contribution is 8.14. The molecule has 0 spiro atoms. The lowest BCUT2D eigenvalue weighted by Gasteiger charge is -2.17. The molecule has 0 saturated carbocycles. The predicted octanol–water partition coefficient (Wildman–Crippen LogP) is 6.18. The van der Waals surface area contributed by atoms with Crippen LogP contribution in [0.3, 0.4) is 0 Å². The van der Waals surface area contributed by atoms with Gasteiger partial charge < -0.3 is 9.57 Å². The van der Waals surface area contributed by atoms with Crippen LogP contribution in [0.4, 0.5) is 5.69 Å². The lowest BCUT2D eigenvalue weighted by atomic mass is 10.2. The molecule has 1 aliphatic rings. The molecule has 1 amide bonds. The third kappa shape index (κ3) is 7.79. The molecule has 1 aromatic heterocycles. The van der Waals surface area contributed by atoms with Gasteiger partial charge in [0.05, 0.1) is 18.5 Å². The van der Waals surface area contributed by atoms with Gasteiger partial charge in [-0.15, -0.1) is 0 Å². The summed E-state index contributed by atoms with van der Waals surface area (Å²) < 4.78 is 5.85. The zero-order chi connectivity index (χ0) is 25.7. The number of amidine groups is 1. The van der Waals surface area contributed by atoms with Crippen molar-refractivity contribution in [2.45, 2.75) is 26.2 Å². The number of aliphatic imine (C=N–C) groups is 1. The minimum absolute atomic E-state index is 0.124. The highest BCUT2D eigenvalue weighted by atomic mass is 32.2. The number of carbonyl (C=O) groups is 1. The summed E-state index contributed by atoms with van der Waals surface area (Å²) in [5.41, 5.74) is 3.12. The van der Waals surface area contributed by atoms with Crippen molar-refractivity contribution < 1.29 is 14.4 Å². The van der Waals surface area contributed by atoms with E-state index in [0.29, 0.717) is 24.1 Å². The van der Waals surface area contributed by atoms with Gasteiger partial charge in [0, 0.05) is 18.1 Å². The van der Waals surface area contributed by atoms with Crippen LogP contribution in [0, 0.1) is 0 Å². The van der Waals surface area contributed by atoms with Crippen LogP contribution in [-0.4, -0.2) is 41.2 Å². The Hall–Kier alpha value is -3.91. The lowest BCUT2D eigenvalue weighted by Crippen LogP contribution is -2.30. The van der Waals surface area contributed by atoms with Gasteiger partial charge in [0.15, 0.2) is 5.17 Å². The van der Waals surface area contributed by atoms with E-state index in [-0.39, 0.29) is 5.91 Å². The number of nitrogens with zero attached hydrogens (tertiary/aromatic N) is 4. The van der Waals surface area contributed by atoms with Crippen LogP contribution in [0.15, 0.2) is 95.0 Å². The second-order valence-corrected chi connectivity index (χ2v) is 9.22. The van der Waals surface area contributed by atoms with Crippen molar-refractivity contribution in [3.8, 4) is 5.75 Å². The number of oxime groups is 1. The number of amides is 1. The molecule has 7 nitrogen and oxygen atoms in total. The Morgan fingerprint density at radius 2 is 1.73 bits per heavy atom. The molecule has 0 aliphatic carbocycles. The Morgan fingerprint density at radius 3 is 2.49 bits per heavy atom. The van der Waals surface area contributed by atoms with E-state index in [4.69, 9.17) is 9.57 Å². The summed E-state index contributed by atoms with van der Waals surface area (Å²) in [6.07, 6.45) is 9.86. The Bertz CT molecular complexity index is 1230. The SMILES string of the molecule is CCO/N=C/c1ccc(OCCCCCSC2=N/C(=C\c3ccccc3)C(=O)N2c2ccncc2)cc1. The molecule has 1 aliphatic heterocycles. The molecule has 0 radical (unpaired) electrons. The summed E-state index contributed by atoms with van der Waals surface area (Å²) in [5, 5.41) is 4.56. The number of benzene rings is 2. The van der Waals surface area contributed by atoms with Gasteiger partial charge in [0.2, 0.25) is 0 Å². The van der Waals surface area contributed by atoms with E-state index in [1.165, 1.54) is 0 Å². The molecule has 2 aromatic carbocycles. The van der Waals surface area contributed by atoms with Gasteiger partial charge >= 0.3 is 0 Å². The fraction of sp³-hybridized carbons (Fsp3) is 0.241. The van der Waals surface area contributed by atoms with Crippen LogP contribution in [0.25, 0.3) is 6.08 Å². The number of rotatable bonds is 12. The first-order chi connectivity index (χ1) is 18.2. The molecule has 4 rings (SSSR count). The van der Waals surface area contributed by atoms with Crippen molar-refractivity contribution in [2.75, 3.05) is 23.9 Å². The van der Waals surface area contributed by atoms with Gasteiger partial charge in [-0.25, -0.2) is 4.99 Å². The van der Waals surface area contributed by atoms with Gasteiger partial charge in [-0.05, 0) is 79.8 Å². The summed E-state index contributed by atoms with van der Waals surface area (Å²) in [5.74, 6) is 1.58. The van der Waals surface area contributed by atoms with Crippen LogP contribution >= 0.6 is 11.8 Å². The minimum atomic E-state index is -0.124. The smallest absolute Gasteiger partial charge is 0.283 e. The first-order valence-corrected chi connectivity index (χ1v) is 13.3. The second-order valence-electron chi connectivity index (χ2n) is 8.16. The molecule has 0 unspecified atom stereocenters. The van der Waals surface area contributed by atoms with Crippen LogP contribution < -0.4 is 9.64 Å². The third-order valence-electron chi connectivity index (χ3n) is 5.43. The minimum Gasteiger partial charge on any atom is -0.494 e. The average Bonchev–Trinajstić information content (AvgIpc) is 3.24. The Morgan fingerprint density at radius 1 is 0.946 bits per heavy atom. The monoisotopic (exact) mass is 514 g/mol. The highest BCUT2D eigenvalue weighted by Crippen LogP contribution is 2.29. The summed E-state index contributed by atoms with van der Waals surface area (Å²) in [4.78, 5) is 28.6. The van der Waals surface area contributed by atoms with Crippen molar-refractivity contribution in [3.05, 3.63) is 95.9 Å². The Kier molecular flexibility index (Phi) is 9.89. The van der Waals surface area contributed by atoms with Crippen molar-refractivity contribution in [3.63, 3.8) is 0 Å². The molecule has 0 N–H and O–H groups in total. The number of aromatic nitrogens is 1. The molecular weight excluding hydrogens is 484 g/mol. The van der Waals surface area contributed by atoms with E-state index in [1.54, 1.807) is 35.3 Å². The molecule has 190 valence electrons. The lowest BCUT2D eigenvalue weighted by molar-refractivity contribution is -0.113. The first-order valence-electron chi connectivity index (χ1n) is 12.4. The van der Waals surface area contributed by atoms with Gasteiger partial charge in [0.25, 0.3) is 5.91 Å². The molecule has 2 heterocycles. The fourth-order valence-electron chi connectivity index (χ4n) is 3.58. The standard InChI is InChI=1S/C29H30N4O3S/c1-2-36-31-22-24-11-13-26(14-12-24)35-19-7-4-8-20-37-29-32-27(21-23-9-5-3-6-10-23)28(34)33(29)25-15-17-30-18-16-25/h3,5-6,9-18,21-22H,2,4,7-8,19-20H2,1H3/b27-21-,31-22+. The first kappa shape index (κ1) is 26.2. The maximum Gasteiger partial charge on any atom is 0.283 e. The zero-order valence-electron chi connectivity index (χ0n) is 20.8. The zero-order valence-corrected chi connectivity index (χ0v) is 21.6. The largest absolute Gasteiger partial charge is 0.494 e. The second kappa shape index (κ2) is 14.0. The number of hydrogen-bond acceptors (Lipinski definition) is 7. The predicted molar refractivity (Wildman–Crippen MR) is 151 cm³/mol. The average molecular weight is 515 g/mol. The van der Waals surface area contributed by atoms with E-state index in [9.17, 15) is 4.79 Å². The van der Waals surface area contributed by atoms with Crippen molar-refractivity contribution in [1.29, 1.82) is 0 Å². The molecule has 3 aromatic rings.